The quantitative estimate of drug-likeness (QED) is 0.185. The van der Waals surface area contributed by atoms with Gasteiger partial charge in [0.1, 0.15) is 34.0 Å². The number of rotatable bonds is 7. The van der Waals surface area contributed by atoms with Crippen molar-refractivity contribution in [3.63, 3.8) is 0 Å². The molecule has 176 valence electrons. The van der Waals surface area contributed by atoms with E-state index >= 15 is 0 Å². The molecule has 1 aromatic rings. The highest BCUT2D eigenvalue weighted by atomic mass is 16.5. The number of allylic oxidation sites excluding steroid dienone is 4. The standard InChI is InChI=1S/C24H27NO8/c1-6-32-16(28)8-7-9-25-12(3)17-14(27)10-15-24(5,23(17)31)19-21(30)11(2)20(29)18(13(4)26)22(19)33-15/h10,25,29-30H,6-9H2,1-5H3/b17-12+/t24-/m0/s1. The molecule has 0 saturated heterocycles. The topological polar surface area (TPSA) is 139 Å². The van der Waals surface area contributed by atoms with E-state index in [-0.39, 0.29) is 51.9 Å². The second-order valence-corrected chi connectivity index (χ2v) is 8.22. The molecule has 1 aromatic carbocycles. The molecule has 0 amide bonds. The van der Waals surface area contributed by atoms with Gasteiger partial charge in [-0.05, 0) is 41.0 Å². The first kappa shape index (κ1) is 24.0. The molecule has 33 heavy (non-hydrogen) atoms. The lowest BCUT2D eigenvalue weighted by Crippen LogP contribution is -2.41. The largest absolute Gasteiger partial charge is 0.507 e. The number of benzene rings is 1. The highest BCUT2D eigenvalue weighted by Crippen LogP contribution is 2.57. The number of Topliss-reactive ketones (excluding diaryl/α,β-unsaturated/α-hetero) is 2. The number of fused-ring (bicyclic) bond motifs is 3. The maximum Gasteiger partial charge on any atom is 0.305 e. The molecule has 0 aromatic heterocycles. The fraction of sp³-hybridized carbons (Fsp3) is 0.417. The van der Waals surface area contributed by atoms with Crippen LogP contribution in [0.25, 0.3) is 0 Å². The zero-order chi connectivity index (χ0) is 24.7. The van der Waals surface area contributed by atoms with Crippen LogP contribution in [0.15, 0.2) is 23.1 Å². The van der Waals surface area contributed by atoms with Gasteiger partial charge in [0.2, 0.25) is 0 Å². The van der Waals surface area contributed by atoms with Crippen LogP contribution < -0.4 is 10.1 Å². The van der Waals surface area contributed by atoms with Gasteiger partial charge in [0, 0.05) is 30.3 Å². The maximum atomic E-state index is 13.6. The highest BCUT2D eigenvalue weighted by Gasteiger charge is 2.56. The molecule has 2 aliphatic rings. The lowest BCUT2D eigenvalue weighted by molar-refractivity contribution is -0.143. The second-order valence-electron chi connectivity index (χ2n) is 8.22. The zero-order valence-corrected chi connectivity index (χ0v) is 19.2. The van der Waals surface area contributed by atoms with Crippen molar-refractivity contribution in [1.29, 1.82) is 0 Å². The number of aromatic hydroxyl groups is 2. The molecule has 3 N–H and O–H groups in total. The molecule has 0 unspecified atom stereocenters. The Labute approximate surface area is 191 Å². The molecule has 0 fully saturated rings. The minimum atomic E-state index is -1.56. The molecule has 9 heteroatoms. The molecule has 9 nitrogen and oxygen atoms in total. The van der Waals surface area contributed by atoms with Crippen molar-refractivity contribution < 1.29 is 38.9 Å². The van der Waals surface area contributed by atoms with E-state index in [1.165, 1.54) is 20.8 Å². The molecule has 1 aliphatic carbocycles. The lowest BCUT2D eigenvalue weighted by Gasteiger charge is -2.29. The van der Waals surface area contributed by atoms with Gasteiger partial charge in [0.15, 0.2) is 17.3 Å². The number of esters is 1. The van der Waals surface area contributed by atoms with Gasteiger partial charge in [0.05, 0.1) is 17.7 Å². The first-order valence-corrected chi connectivity index (χ1v) is 10.7. The Bertz CT molecular complexity index is 1140. The van der Waals surface area contributed by atoms with Crippen molar-refractivity contribution in [1.82, 2.24) is 5.32 Å². The van der Waals surface area contributed by atoms with Crippen LogP contribution >= 0.6 is 0 Å². The van der Waals surface area contributed by atoms with Gasteiger partial charge in [-0.2, -0.15) is 0 Å². The van der Waals surface area contributed by atoms with E-state index < -0.39 is 28.5 Å². The Hall–Kier alpha value is -3.62. The Morgan fingerprint density at radius 2 is 1.85 bits per heavy atom. The number of ether oxygens (including phenoxy) is 2. The van der Waals surface area contributed by atoms with Crippen molar-refractivity contribution in [2.75, 3.05) is 13.2 Å². The Morgan fingerprint density at radius 1 is 1.18 bits per heavy atom. The van der Waals surface area contributed by atoms with Gasteiger partial charge in [-0.25, -0.2) is 0 Å². The number of phenolic OH excluding ortho intramolecular Hbond substituents is 2. The number of ketones is 3. The maximum absolute atomic E-state index is 13.6. The lowest BCUT2D eigenvalue weighted by atomic mass is 9.70. The number of nitrogens with one attached hydrogen (secondary N) is 1. The molecule has 1 aliphatic heterocycles. The van der Waals surface area contributed by atoms with E-state index in [1.54, 1.807) is 13.8 Å². The van der Waals surface area contributed by atoms with Crippen LogP contribution in [0.2, 0.25) is 0 Å². The summed E-state index contributed by atoms with van der Waals surface area (Å²) in [5.74, 6) is -2.98. The summed E-state index contributed by atoms with van der Waals surface area (Å²) in [4.78, 5) is 50.1. The van der Waals surface area contributed by atoms with Crippen LogP contribution in [0.3, 0.4) is 0 Å². The van der Waals surface area contributed by atoms with E-state index in [1.807, 2.05) is 0 Å². The molecule has 0 bridgehead atoms. The Kier molecular flexibility index (Phi) is 6.35. The zero-order valence-electron chi connectivity index (χ0n) is 19.2. The average molecular weight is 457 g/mol. The molecule has 3 rings (SSSR count). The number of phenols is 2. The van der Waals surface area contributed by atoms with Crippen LogP contribution in [-0.4, -0.2) is 46.7 Å². The van der Waals surface area contributed by atoms with Crippen molar-refractivity contribution in [2.45, 2.75) is 52.9 Å². The van der Waals surface area contributed by atoms with E-state index in [2.05, 4.69) is 5.32 Å². The van der Waals surface area contributed by atoms with Crippen molar-refractivity contribution in [2.24, 2.45) is 0 Å². The van der Waals surface area contributed by atoms with E-state index in [9.17, 15) is 29.4 Å². The van der Waals surface area contributed by atoms with Crippen LogP contribution in [0.4, 0.5) is 0 Å². The normalized spacial score (nSPS) is 20.5. The van der Waals surface area contributed by atoms with Gasteiger partial charge in [-0.1, -0.05) is 0 Å². The van der Waals surface area contributed by atoms with Gasteiger partial charge in [0.25, 0.3) is 0 Å². The minimum absolute atomic E-state index is 0.0193. The summed E-state index contributed by atoms with van der Waals surface area (Å²) < 4.78 is 10.6. The number of hydrogen-bond acceptors (Lipinski definition) is 9. The molecular formula is C24H27NO8. The predicted molar refractivity (Wildman–Crippen MR) is 117 cm³/mol. The third-order valence-corrected chi connectivity index (χ3v) is 6.01. The summed E-state index contributed by atoms with van der Waals surface area (Å²) in [5.41, 5.74) is -1.42. The summed E-state index contributed by atoms with van der Waals surface area (Å²) in [7, 11) is 0. The summed E-state index contributed by atoms with van der Waals surface area (Å²) in [6, 6.07) is 0. The van der Waals surface area contributed by atoms with Crippen molar-refractivity contribution >= 4 is 23.3 Å². The average Bonchev–Trinajstić information content (AvgIpc) is 3.03. The molecule has 0 spiro atoms. The second kappa shape index (κ2) is 8.73. The monoisotopic (exact) mass is 457 g/mol. The fourth-order valence-corrected chi connectivity index (χ4v) is 4.19. The molecule has 1 atom stereocenters. The third-order valence-electron chi connectivity index (χ3n) is 6.01. The molecule has 0 saturated carbocycles. The van der Waals surface area contributed by atoms with Crippen LogP contribution in [0.5, 0.6) is 17.2 Å². The van der Waals surface area contributed by atoms with Gasteiger partial charge in [-0.15, -0.1) is 0 Å². The highest BCUT2D eigenvalue weighted by molar-refractivity contribution is 6.31. The minimum Gasteiger partial charge on any atom is -0.507 e. The van der Waals surface area contributed by atoms with Crippen LogP contribution in [0, 0.1) is 6.92 Å². The number of carbonyl (C=O) groups excluding carboxylic acids is 4. The van der Waals surface area contributed by atoms with Gasteiger partial charge in [-0.3, -0.25) is 19.2 Å². The summed E-state index contributed by atoms with van der Waals surface area (Å²) in [6.45, 7) is 8.10. The third kappa shape index (κ3) is 3.77. The van der Waals surface area contributed by atoms with E-state index in [0.717, 1.165) is 6.08 Å². The predicted octanol–water partition coefficient (Wildman–Crippen LogP) is 2.50. The number of hydrogen-bond donors (Lipinski definition) is 3. The Morgan fingerprint density at radius 3 is 2.45 bits per heavy atom. The van der Waals surface area contributed by atoms with Gasteiger partial charge >= 0.3 is 5.97 Å². The van der Waals surface area contributed by atoms with Crippen LogP contribution in [-0.2, 0) is 24.5 Å². The van der Waals surface area contributed by atoms with E-state index in [4.69, 9.17) is 9.47 Å². The summed E-state index contributed by atoms with van der Waals surface area (Å²) >= 11 is 0. The number of carbonyl (C=O) groups is 4. The smallest absolute Gasteiger partial charge is 0.305 e. The Balaban J connectivity index is 2.01. The van der Waals surface area contributed by atoms with Gasteiger partial charge < -0.3 is 25.0 Å². The molecular weight excluding hydrogens is 430 g/mol. The van der Waals surface area contributed by atoms with Crippen molar-refractivity contribution in [3.05, 3.63) is 39.8 Å². The molecule has 0 radical (unpaired) electrons. The SMILES string of the molecule is CCOC(=O)CCCN/C(C)=C1\C(=O)C=C2Oc3c(C(C)=O)c(O)c(C)c(O)c3[C@@]2(C)C1=O. The van der Waals surface area contributed by atoms with Crippen molar-refractivity contribution in [3.8, 4) is 17.2 Å². The first-order chi connectivity index (χ1) is 15.5. The summed E-state index contributed by atoms with van der Waals surface area (Å²) in [6.07, 6.45) is 1.80. The fourth-order valence-electron chi connectivity index (χ4n) is 4.19. The summed E-state index contributed by atoms with van der Waals surface area (Å²) in [5, 5.41) is 24.2. The first-order valence-electron chi connectivity index (χ1n) is 10.7. The molecule has 1 heterocycles. The van der Waals surface area contributed by atoms with Crippen LogP contribution in [0.1, 0.15) is 62.0 Å². The van der Waals surface area contributed by atoms with E-state index in [0.29, 0.717) is 25.3 Å².